The number of nitrogens with zero attached hydrogens (tertiary/aromatic N) is 1. The lowest BCUT2D eigenvalue weighted by molar-refractivity contribution is -0.134. The number of cyclic esters (lactones) is 1. The molecule has 172 valence electrons. The Labute approximate surface area is 189 Å². The van der Waals surface area contributed by atoms with Crippen molar-refractivity contribution in [3.63, 3.8) is 0 Å². The van der Waals surface area contributed by atoms with Crippen LogP contribution in [0.5, 0.6) is 0 Å². The molecule has 3 rings (SSSR count). The summed E-state index contributed by atoms with van der Waals surface area (Å²) in [5, 5.41) is 15.1. The van der Waals surface area contributed by atoms with Crippen LogP contribution in [0.1, 0.15) is 12.5 Å². The summed E-state index contributed by atoms with van der Waals surface area (Å²) in [6.07, 6.45) is -1.25. The molecule has 1 unspecified atom stereocenters. The number of nitrogens with one attached hydrogen (secondary N) is 2. The zero-order chi connectivity index (χ0) is 24.1. The number of rotatable bonds is 6. The van der Waals surface area contributed by atoms with Gasteiger partial charge in [0.1, 0.15) is 11.9 Å². The Hall–Kier alpha value is -3.35. The Balaban J connectivity index is 0.000000837. The lowest BCUT2D eigenvalue weighted by Crippen LogP contribution is -2.34. The first kappa shape index (κ1) is 24.9. The first-order chi connectivity index (χ1) is 14.9. The summed E-state index contributed by atoms with van der Waals surface area (Å²) in [5.74, 6) is -0.911. The number of hydrogen-bond donors (Lipinski definition) is 5. The van der Waals surface area contributed by atoms with Crippen LogP contribution >= 0.6 is 11.6 Å². The summed E-state index contributed by atoms with van der Waals surface area (Å²) < 4.78 is 32.4. The Morgan fingerprint density at radius 2 is 1.91 bits per heavy atom. The van der Waals surface area contributed by atoms with E-state index in [9.17, 15) is 13.2 Å². The third-order valence-electron chi connectivity index (χ3n) is 4.14. The molecule has 11 nitrogen and oxygen atoms in total. The van der Waals surface area contributed by atoms with Gasteiger partial charge in [-0.2, -0.15) is 0 Å². The van der Waals surface area contributed by atoms with Gasteiger partial charge in [-0.3, -0.25) is 15.1 Å². The molecule has 13 heteroatoms. The van der Waals surface area contributed by atoms with Crippen molar-refractivity contribution in [2.75, 3.05) is 23.7 Å². The minimum Gasteiger partial charge on any atom is -0.481 e. The molecule has 0 bridgehead atoms. The number of aliphatic carboxylic acids is 1. The minimum atomic E-state index is -3.84. The van der Waals surface area contributed by atoms with Crippen molar-refractivity contribution in [1.82, 2.24) is 4.72 Å². The van der Waals surface area contributed by atoms with E-state index in [-0.39, 0.29) is 34.5 Å². The van der Waals surface area contributed by atoms with Crippen molar-refractivity contribution in [1.29, 1.82) is 5.41 Å². The standard InChI is InChI=1S/C17H18ClN5O4S.C2H4O2/c18-14-6-5-13(7-15(14)19)28(25,26)22-8-12-9-23(17(24)27-12)11-3-1-10(2-4-11)16(20)21;1-2(3)4/h1-7,12,22H,8-9,19H2,(H3,20,21);1H3,(H,3,4). The average Bonchev–Trinajstić information content (AvgIpc) is 3.09. The number of carbonyl (C=O) groups is 2. The van der Waals surface area contributed by atoms with Gasteiger partial charge in [-0.15, -0.1) is 0 Å². The van der Waals surface area contributed by atoms with E-state index in [1.165, 1.54) is 23.1 Å². The van der Waals surface area contributed by atoms with E-state index < -0.39 is 28.2 Å². The normalized spacial score (nSPS) is 15.5. The van der Waals surface area contributed by atoms with E-state index in [1.54, 1.807) is 24.3 Å². The number of benzene rings is 2. The van der Waals surface area contributed by atoms with Gasteiger partial charge in [-0.05, 0) is 42.5 Å². The molecule has 2 aromatic carbocycles. The molecule has 32 heavy (non-hydrogen) atoms. The molecule has 1 saturated heterocycles. The first-order valence-corrected chi connectivity index (χ1v) is 10.9. The average molecular weight is 484 g/mol. The largest absolute Gasteiger partial charge is 0.481 e. The van der Waals surface area contributed by atoms with Crippen LogP contribution in [0.2, 0.25) is 5.02 Å². The highest BCUT2D eigenvalue weighted by atomic mass is 35.5. The Kier molecular flexibility index (Phi) is 8.02. The van der Waals surface area contributed by atoms with E-state index in [2.05, 4.69) is 4.72 Å². The van der Waals surface area contributed by atoms with Crippen LogP contribution in [0.4, 0.5) is 16.2 Å². The van der Waals surface area contributed by atoms with Gasteiger partial charge < -0.3 is 21.3 Å². The van der Waals surface area contributed by atoms with E-state index >= 15 is 0 Å². The van der Waals surface area contributed by atoms with Crippen LogP contribution in [0.3, 0.4) is 0 Å². The Bertz CT molecular complexity index is 1120. The van der Waals surface area contributed by atoms with E-state index in [1.807, 2.05) is 0 Å². The smallest absolute Gasteiger partial charge is 0.414 e. The van der Waals surface area contributed by atoms with E-state index in [0.717, 1.165) is 6.92 Å². The highest BCUT2D eigenvalue weighted by Crippen LogP contribution is 2.24. The van der Waals surface area contributed by atoms with Gasteiger partial charge in [0.25, 0.3) is 5.97 Å². The second kappa shape index (κ2) is 10.3. The summed E-state index contributed by atoms with van der Waals surface area (Å²) in [6, 6.07) is 10.5. The van der Waals surface area contributed by atoms with Gasteiger partial charge >= 0.3 is 6.09 Å². The quantitative estimate of drug-likeness (QED) is 0.232. The molecule has 1 atom stereocenters. The molecule has 1 aliphatic rings. The second-order valence-corrected chi connectivity index (χ2v) is 8.81. The maximum atomic E-state index is 12.4. The lowest BCUT2D eigenvalue weighted by atomic mass is 10.2. The summed E-state index contributed by atoms with van der Waals surface area (Å²) in [7, 11) is -3.84. The number of carbonyl (C=O) groups excluding carboxylic acids is 1. The molecule has 1 amide bonds. The number of carboxylic acids is 1. The van der Waals surface area contributed by atoms with Crippen molar-refractivity contribution in [2.24, 2.45) is 5.73 Å². The van der Waals surface area contributed by atoms with Crippen LogP contribution in [0.15, 0.2) is 47.4 Å². The number of nitrogens with two attached hydrogens (primary N) is 2. The zero-order valence-electron chi connectivity index (χ0n) is 16.9. The molecule has 1 aliphatic heterocycles. The fourth-order valence-electron chi connectivity index (χ4n) is 2.63. The molecule has 7 N–H and O–H groups in total. The Morgan fingerprint density at radius 3 is 2.44 bits per heavy atom. The minimum absolute atomic E-state index is 0.0320. The zero-order valence-corrected chi connectivity index (χ0v) is 18.5. The predicted molar refractivity (Wildman–Crippen MR) is 119 cm³/mol. The molecule has 0 radical (unpaired) electrons. The van der Waals surface area contributed by atoms with E-state index in [0.29, 0.717) is 11.3 Å². The molecular weight excluding hydrogens is 462 g/mol. The van der Waals surface area contributed by atoms with Crippen molar-refractivity contribution in [2.45, 2.75) is 17.9 Å². The van der Waals surface area contributed by atoms with Gasteiger partial charge in [-0.1, -0.05) is 11.6 Å². The number of hydrogen-bond acceptors (Lipinski definition) is 7. The van der Waals surface area contributed by atoms with Gasteiger partial charge in [0, 0.05) is 24.7 Å². The summed E-state index contributed by atoms with van der Waals surface area (Å²) in [5.41, 5.74) is 12.3. The third-order valence-corrected chi connectivity index (χ3v) is 5.91. The van der Waals surface area contributed by atoms with Gasteiger partial charge in [0.05, 0.1) is 22.2 Å². The fourth-order valence-corrected chi connectivity index (χ4v) is 3.85. The lowest BCUT2D eigenvalue weighted by Gasteiger charge is -2.14. The highest BCUT2D eigenvalue weighted by molar-refractivity contribution is 7.89. The molecule has 0 aliphatic carbocycles. The van der Waals surface area contributed by atoms with Crippen molar-refractivity contribution in [3.8, 4) is 0 Å². The van der Waals surface area contributed by atoms with Crippen molar-refractivity contribution < 1.29 is 27.9 Å². The molecule has 1 heterocycles. The van der Waals surface area contributed by atoms with Gasteiger partial charge in [-0.25, -0.2) is 17.9 Å². The van der Waals surface area contributed by atoms with Crippen molar-refractivity contribution >= 4 is 50.9 Å². The highest BCUT2D eigenvalue weighted by Gasteiger charge is 2.33. The van der Waals surface area contributed by atoms with Crippen LogP contribution in [0, 0.1) is 5.41 Å². The monoisotopic (exact) mass is 483 g/mol. The Morgan fingerprint density at radius 1 is 1.31 bits per heavy atom. The molecule has 2 aromatic rings. The number of anilines is 2. The number of amidine groups is 1. The van der Waals surface area contributed by atoms with Crippen molar-refractivity contribution in [3.05, 3.63) is 53.1 Å². The topological polar surface area (TPSA) is 189 Å². The number of ether oxygens (including phenoxy) is 1. The van der Waals surface area contributed by atoms with Crippen LogP contribution in [0.25, 0.3) is 0 Å². The molecule has 0 saturated carbocycles. The summed E-state index contributed by atoms with van der Waals surface area (Å²) in [6.45, 7) is 1.15. The number of nitrogen functional groups attached to an aromatic ring is 2. The number of sulfonamides is 1. The van der Waals surface area contributed by atoms with Crippen LogP contribution in [-0.4, -0.2) is 50.6 Å². The number of carboxylic acid groups (broad SMARTS) is 1. The van der Waals surface area contributed by atoms with Crippen LogP contribution < -0.4 is 21.1 Å². The maximum Gasteiger partial charge on any atom is 0.414 e. The summed E-state index contributed by atoms with van der Waals surface area (Å²) in [4.78, 5) is 22.5. The molecule has 1 fully saturated rings. The molecule has 0 aromatic heterocycles. The third kappa shape index (κ3) is 6.57. The SMILES string of the molecule is CC(=O)O.N=C(N)c1ccc(N2CC(CNS(=O)(=O)c3ccc(Cl)c(N)c3)OC2=O)cc1. The summed E-state index contributed by atoms with van der Waals surface area (Å²) >= 11 is 5.81. The second-order valence-electron chi connectivity index (χ2n) is 6.63. The maximum absolute atomic E-state index is 12.4. The molecular formula is C19H22ClN5O6S. The van der Waals surface area contributed by atoms with Gasteiger partial charge in [0.2, 0.25) is 10.0 Å². The van der Waals surface area contributed by atoms with Crippen LogP contribution in [-0.2, 0) is 19.6 Å². The number of amides is 1. The van der Waals surface area contributed by atoms with Gasteiger partial charge in [0.15, 0.2) is 0 Å². The van der Waals surface area contributed by atoms with E-state index in [4.69, 9.17) is 43.1 Å². The fraction of sp³-hybridized carbons (Fsp3) is 0.211. The predicted octanol–water partition coefficient (Wildman–Crippen LogP) is 1.60. The first-order valence-electron chi connectivity index (χ1n) is 9.07. The number of halogens is 1. The molecule has 0 spiro atoms.